The molecular formula is C44H44ClF3N6O6S. The summed E-state index contributed by atoms with van der Waals surface area (Å²) in [4.78, 5) is 22.7. The number of halogens is 4. The second-order valence-corrected chi connectivity index (χ2v) is 16.6. The Morgan fingerprint density at radius 1 is 1.08 bits per heavy atom. The van der Waals surface area contributed by atoms with Gasteiger partial charge in [0.05, 0.1) is 32.8 Å². The largest absolute Gasteiger partial charge is 0.495 e. The third-order valence-corrected chi connectivity index (χ3v) is 12.4. The highest BCUT2D eigenvalue weighted by Gasteiger charge is 2.33. The number of rotatable bonds is 15. The molecule has 0 saturated carbocycles. The fraction of sp³-hybridized carbons (Fsp3) is 0.364. The van der Waals surface area contributed by atoms with Crippen molar-refractivity contribution in [3.63, 3.8) is 0 Å². The molecule has 2 aromatic carbocycles. The van der Waals surface area contributed by atoms with Gasteiger partial charge in [0.2, 0.25) is 12.0 Å². The lowest BCUT2D eigenvalue weighted by Gasteiger charge is -2.33. The van der Waals surface area contributed by atoms with Gasteiger partial charge < -0.3 is 28.6 Å². The van der Waals surface area contributed by atoms with Gasteiger partial charge in [0, 0.05) is 74.0 Å². The average molecular weight is 877 g/mol. The minimum atomic E-state index is -4.47. The number of alkyl halides is 3. The quantitative estimate of drug-likeness (QED) is 0.106. The molecule has 17 heteroatoms. The van der Waals surface area contributed by atoms with Crippen LogP contribution in [0.1, 0.15) is 37.1 Å². The van der Waals surface area contributed by atoms with Crippen molar-refractivity contribution in [3.8, 4) is 22.9 Å². The van der Waals surface area contributed by atoms with E-state index >= 15 is 0 Å². The Kier molecular flexibility index (Phi) is 12.4. The lowest BCUT2D eigenvalue weighted by atomic mass is 9.83. The van der Waals surface area contributed by atoms with Crippen LogP contribution in [0.3, 0.4) is 0 Å². The second-order valence-electron chi connectivity index (χ2n) is 15.4. The van der Waals surface area contributed by atoms with E-state index in [4.69, 9.17) is 35.2 Å². The maximum absolute atomic E-state index is 13.2. The molecule has 0 radical (unpaired) electrons. The Bertz CT molecular complexity index is 2610. The molecule has 5 heterocycles. The molecule has 2 atom stereocenters. The molecule has 0 amide bonds. The summed E-state index contributed by atoms with van der Waals surface area (Å²) < 4.78 is 70.4. The van der Waals surface area contributed by atoms with Crippen LogP contribution in [0.5, 0.6) is 11.6 Å². The van der Waals surface area contributed by atoms with E-state index in [2.05, 4.69) is 33.2 Å². The Hall–Kier alpha value is -5.42. The summed E-state index contributed by atoms with van der Waals surface area (Å²) in [6, 6.07) is 15.9. The van der Waals surface area contributed by atoms with E-state index in [1.165, 1.54) is 12.3 Å². The molecule has 0 spiro atoms. The molecule has 2 aliphatic rings. The Balaban J connectivity index is 1.14. The van der Waals surface area contributed by atoms with Gasteiger partial charge in [-0.2, -0.15) is 22.6 Å². The SMILES string of the molecule is CC1=C(c2c(-c3cccc4ccoc34)ncc3snc(O[C@H](Cc4ccccc4OCc4ccnn4CC(F)(F)F)C(=O)O)c23)CC(C)C(OCCN2CCN(C)CC2)=C1Cl. The third-order valence-electron chi connectivity index (χ3n) is 11.2. The van der Waals surface area contributed by atoms with Crippen LogP contribution in [0.2, 0.25) is 0 Å². The Morgan fingerprint density at radius 2 is 1.89 bits per heavy atom. The Morgan fingerprint density at radius 3 is 2.67 bits per heavy atom. The summed E-state index contributed by atoms with van der Waals surface area (Å²) in [6.45, 7) is 7.83. The average Bonchev–Trinajstić information content (AvgIpc) is 4.00. The lowest BCUT2D eigenvalue weighted by Crippen LogP contribution is -2.45. The summed E-state index contributed by atoms with van der Waals surface area (Å²) in [6.07, 6.45) is -0.912. The van der Waals surface area contributed by atoms with Crippen molar-refractivity contribution in [2.45, 2.75) is 52.1 Å². The van der Waals surface area contributed by atoms with Crippen molar-refractivity contribution >= 4 is 55.7 Å². The van der Waals surface area contributed by atoms with Crippen molar-refractivity contribution < 1.29 is 41.7 Å². The summed E-state index contributed by atoms with van der Waals surface area (Å²) >= 11 is 8.37. The molecule has 8 rings (SSSR count). The maximum atomic E-state index is 13.2. The predicted molar refractivity (Wildman–Crippen MR) is 227 cm³/mol. The van der Waals surface area contributed by atoms with Crippen molar-refractivity contribution in [2.24, 2.45) is 5.92 Å². The van der Waals surface area contributed by atoms with Gasteiger partial charge in [-0.1, -0.05) is 48.9 Å². The topological polar surface area (TPSA) is 128 Å². The van der Waals surface area contributed by atoms with Gasteiger partial charge in [0.1, 0.15) is 36.9 Å². The number of aliphatic carboxylic acids is 1. The number of aromatic nitrogens is 4. The van der Waals surface area contributed by atoms with E-state index in [0.29, 0.717) is 56.3 Å². The molecule has 12 nitrogen and oxygen atoms in total. The highest BCUT2D eigenvalue weighted by atomic mass is 35.5. The molecule has 4 aromatic heterocycles. The summed E-state index contributed by atoms with van der Waals surface area (Å²) in [5.41, 5.74) is 5.03. The zero-order valence-electron chi connectivity index (χ0n) is 33.7. The molecule has 1 fully saturated rings. The van der Waals surface area contributed by atoms with E-state index in [0.717, 1.165) is 76.8 Å². The van der Waals surface area contributed by atoms with Crippen molar-refractivity contribution in [1.82, 2.24) is 28.9 Å². The van der Waals surface area contributed by atoms with E-state index in [1.807, 2.05) is 31.2 Å². The number of carboxylic acid groups (broad SMARTS) is 1. The van der Waals surface area contributed by atoms with Crippen LogP contribution in [0.4, 0.5) is 13.2 Å². The fourth-order valence-corrected chi connectivity index (χ4v) is 8.93. The normalized spacial score (nSPS) is 17.4. The first-order valence-electron chi connectivity index (χ1n) is 19.9. The summed E-state index contributed by atoms with van der Waals surface area (Å²) in [5, 5.41) is 16.3. The van der Waals surface area contributed by atoms with Gasteiger partial charge in [-0.25, -0.2) is 4.79 Å². The predicted octanol–water partition coefficient (Wildman–Crippen LogP) is 9.04. The number of pyridine rings is 1. The van der Waals surface area contributed by atoms with Gasteiger partial charge in [0.25, 0.3) is 0 Å². The number of hydrogen-bond donors (Lipinski definition) is 1. The zero-order chi connectivity index (χ0) is 42.8. The van der Waals surface area contributed by atoms with Crippen LogP contribution < -0.4 is 9.47 Å². The number of fused-ring (bicyclic) bond motifs is 2. The number of carboxylic acids is 1. The fourth-order valence-electron chi connectivity index (χ4n) is 7.88. The molecule has 6 aromatic rings. The first-order chi connectivity index (χ1) is 29.3. The smallest absolute Gasteiger partial charge is 0.408 e. The van der Waals surface area contributed by atoms with Crippen molar-refractivity contribution in [2.75, 3.05) is 46.4 Å². The number of piperazine rings is 1. The molecule has 0 bridgehead atoms. The number of allylic oxidation sites excluding steroid dienone is 4. The Labute approximate surface area is 358 Å². The molecule has 1 saturated heterocycles. The second kappa shape index (κ2) is 17.9. The van der Waals surface area contributed by atoms with Crippen LogP contribution in [-0.2, 0) is 29.1 Å². The minimum Gasteiger partial charge on any atom is -0.495 e. The van der Waals surface area contributed by atoms with Crippen LogP contribution in [0.15, 0.2) is 94.0 Å². The van der Waals surface area contributed by atoms with Crippen LogP contribution >= 0.6 is 23.1 Å². The molecule has 1 unspecified atom stereocenters. The molecular weight excluding hydrogens is 833 g/mol. The number of ether oxygens (including phenoxy) is 3. The number of furan rings is 1. The van der Waals surface area contributed by atoms with Crippen LogP contribution in [0.25, 0.3) is 37.9 Å². The maximum Gasteiger partial charge on any atom is 0.408 e. The van der Waals surface area contributed by atoms with Crippen LogP contribution in [-0.4, -0.2) is 98.7 Å². The van der Waals surface area contributed by atoms with Gasteiger partial charge in [-0.05, 0) is 72.9 Å². The van der Waals surface area contributed by atoms with Crippen molar-refractivity contribution in [3.05, 3.63) is 106 Å². The number of carbonyl (C=O) groups is 1. The van der Waals surface area contributed by atoms with Gasteiger partial charge >= 0.3 is 12.1 Å². The number of para-hydroxylation sites is 2. The highest BCUT2D eigenvalue weighted by Crippen LogP contribution is 2.49. The van der Waals surface area contributed by atoms with Crippen LogP contribution in [0, 0.1) is 5.92 Å². The standard InChI is InChI=1S/C44H44ClF3N6O6S/c1-26-21-32(27(2)38(45)40(26)58-20-18-53-16-14-52(3)15-17-53)36-37-35(23-49-39(36)31-9-6-8-28-12-19-57-41(28)31)61-51-42(37)60-34(43(55)56)22-29-7-4-5-10-33(29)59-24-30-11-13-50-54(30)25-44(46,47)48/h4-13,19,23,26,34H,14-18,20-22,24-25H2,1-3H3,(H,55,56)/t26?,34-/m1/s1. The molecule has 320 valence electrons. The molecule has 1 aliphatic heterocycles. The first-order valence-corrected chi connectivity index (χ1v) is 21.1. The number of benzene rings is 2. The minimum absolute atomic E-state index is 0.104. The number of likely N-dealkylation sites (N-methyl/N-ethyl adjacent to an activating group) is 1. The zero-order valence-corrected chi connectivity index (χ0v) is 35.3. The first kappa shape index (κ1) is 42.3. The molecule has 1 aliphatic carbocycles. The summed E-state index contributed by atoms with van der Waals surface area (Å²) in [7, 11) is 2.13. The highest BCUT2D eigenvalue weighted by molar-refractivity contribution is 7.13. The van der Waals surface area contributed by atoms with Gasteiger partial charge in [0.15, 0.2) is 0 Å². The van der Waals surface area contributed by atoms with E-state index in [9.17, 15) is 23.1 Å². The van der Waals surface area contributed by atoms with Crippen molar-refractivity contribution in [1.29, 1.82) is 0 Å². The van der Waals surface area contributed by atoms with Gasteiger partial charge in [-0.15, -0.1) is 0 Å². The van der Waals surface area contributed by atoms with E-state index < -0.39 is 24.8 Å². The van der Waals surface area contributed by atoms with E-state index in [-0.39, 0.29) is 30.5 Å². The van der Waals surface area contributed by atoms with Gasteiger partial charge in [-0.3, -0.25) is 14.6 Å². The molecule has 61 heavy (non-hydrogen) atoms. The summed E-state index contributed by atoms with van der Waals surface area (Å²) in [5.74, 6) is -0.231. The lowest BCUT2D eigenvalue weighted by molar-refractivity contribution is -0.145. The third kappa shape index (κ3) is 9.27. The number of hydrogen-bond acceptors (Lipinski definition) is 11. The van der Waals surface area contributed by atoms with E-state index in [1.54, 1.807) is 36.7 Å². The number of nitrogens with zero attached hydrogens (tertiary/aromatic N) is 6. The monoisotopic (exact) mass is 876 g/mol. The molecule has 1 N–H and O–H groups in total.